The van der Waals surface area contributed by atoms with E-state index >= 15 is 0 Å². The Bertz CT molecular complexity index is 382. The second-order valence-electron chi connectivity index (χ2n) is 5.52. The number of fused-ring (bicyclic) bond motifs is 1. The molecule has 1 fully saturated rings. The predicted octanol–water partition coefficient (Wildman–Crippen LogP) is 4.04. The summed E-state index contributed by atoms with van der Waals surface area (Å²) in [6, 6.07) is 0. The third kappa shape index (κ3) is 1.63. The molecule has 0 aromatic carbocycles. The fraction of sp³-hybridized carbons (Fsp3) is 0.600. The van der Waals surface area contributed by atoms with Gasteiger partial charge in [0, 0.05) is 12.2 Å². The molecule has 0 bridgehead atoms. The van der Waals surface area contributed by atoms with Gasteiger partial charge in [-0.25, -0.2) is 0 Å². The molecule has 0 saturated carbocycles. The van der Waals surface area contributed by atoms with Crippen LogP contribution in [0.1, 0.15) is 47.0 Å². The molecule has 0 aromatic heterocycles. The number of allylic oxidation sites excluding steroid dienone is 3. The molecule has 0 aromatic rings. The molecule has 1 saturated heterocycles. The van der Waals surface area contributed by atoms with Gasteiger partial charge in [-0.15, -0.1) is 0 Å². The third-order valence-corrected chi connectivity index (χ3v) is 3.85. The van der Waals surface area contributed by atoms with Crippen molar-refractivity contribution in [2.45, 2.75) is 52.5 Å². The van der Waals surface area contributed by atoms with Crippen molar-refractivity contribution in [1.29, 1.82) is 0 Å². The van der Waals surface area contributed by atoms with Crippen molar-refractivity contribution in [3.05, 3.63) is 35.1 Å². The van der Waals surface area contributed by atoms with Crippen LogP contribution in [0.2, 0.25) is 0 Å². The minimum absolute atomic E-state index is 0.154. The molecule has 0 unspecified atom stereocenters. The van der Waals surface area contributed by atoms with Crippen LogP contribution in [0.15, 0.2) is 35.1 Å². The molecule has 1 nitrogen and oxygen atoms in total. The Morgan fingerprint density at radius 2 is 2.12 bits per heavy atom. The van der Waals surface area contributed by atoms with E-state index in [-0.39, 0.29) is 5.54 Å². The first kappa shape index (κ1) is 11.5. The Labute approximate surface area is 99.5 Å². The molecule has 88 valence electrons. The SMILES string of the molecule is C=C1CCCN2C1=C(CC)C(C)=CC2(C)C. The van der Waals surface area contributed by atoms with Crippen LogP contribution in [0.5, 0.6) is 0 Å². The summed E-state index contributed by atoms with van der Waals surface area (Å²) in [5, 5.41) is 0. The molecule has 2 heterocycles. The summed E-state index contributed by atoms with van der Waals surface area (Å²) in [5.74, 6) is 0. The lowest BCUT2D eigenvalue weighted by atomic mass is 9.83. The highest BCUT2D eigenvalue weighted by Crippen LogP contribution is 2.41. The quantitative estimate of drug-likeness (QED) is 0.640. The molecule has 2 aliphatic heterocycles. The molecule has 0 amide bonds. The van der Waals surface area contributed by atoms with E-state index in [0.29, 0.717) is 0 Å². The number of rotatable bonds is 1. The molecular formula is C15H23N. The highest BCUT2D eigenvalue weighted by molar-refractivity contribution is 5.48. The summed E-state index contributed by atoms with van der Waals surface area (Å²) >= 11 is 0. The summed E-state index contributed by atoms with van der Waals surface area (Å²) < 4.78 is 0. The molecule has 2 rings (SSSR count). The topological polar surface area (TPSA) is 3.24 Å². The lowest BCUT2D eigenvalue weighted by Crippen LogP contribution is -2.47. The first-order chi connectivity index (χ1) is 7.47. The summed E-state index contributed by atoms with van der Waals surface area (Å²) in [6.45, 7) is 14.6. The molecule has 0 aliphatic carbocycles. The molecule has 1 heteroatoms. The van der Waals surface area contributed by atoms with Crippen molar-refractivity contribution >= 4 is 0 Å². The fourth-order valence-electron chi connectivity index (χ4n) is 3.15. The second kappa shape index (κ2) is 3.80. The number of hydrogen-bond acceptors (Lipinski definition) is 1. The van der Waals surface area contributed by atoms with Gasteiger partial charge in [0.1, 0.15) is 0 Å². The van der Waals surface area contributed by atoms with Gasteiger partial charge in [0.2, 0.25) is 0 Å². The lowest BCUT2D eigenvalue weighted by molar-refractivity contribution is 0.193. The fourth-order valence-corrected chi connectivity index (χ4v) is 3.15. The van der Waals surface area contributed by atoms with E-state index in [0.717, 1.165) is 6.42 Å². The first-order valence-corrected chi connectivity index (χ1v) is 6.36. The molecular weight excluding hydrogens is 194 g/mol. The lowest BCUT2D eigenvalue weighted by Gasteiger charge is -2.48. The number of nitrogens with zero attached hydrogens (tertiary/aromatic N) is 1. The summed E-state index contributed by atoms with van der Waals surface area (Å²) in [7, 11) is 0. The van der Waals surface area contributed by atoms with Crippen LogP contribution in [0.3, 0.4) is 0 Å². The standard InChI is InChI=1S/C15H23N/c1-6-13-12(3)10-15(4,5)16-9-7-8-11(2)14(13)16/h10H,2,6-9H2,1,3-5H3. The Kier molecular flexibility index (Phi) is 2.73. The summed E-state index contributed by atoms with van der Waals surface area (Å²) in [4.78, 5) is 2.55. The molecule has 0 atom stereocenters. The van der Waals surface area contributed by atoms with Crippen molar-refractivity contribution < 1.29 is 0 Å². The van der Waals surface area contributed by atoms with Gasteiger partial charge >= 0.3 is 0 Å². The Hall–Kier alpha value is -0.980. The monoisotopic (exact) mass is 217 g/mol. The largest absolute Gasteiger partial charge is 0.362 e. The third-order valence-electron chi connectivity index (χ3n) is 3.85. The van der Waals surface area contributed by atoms with Crippen LogP contribution in [-0.4, -0.2) is 17.0 Å². The van der Waals surface area contributed by atoms with E-state index in [1.165, 1.54) is 41.8 Å². The zero-order chi connectivity index (χ0) is 11.9. The predicted molar refractivity (Wildman–Crippen MR) is 70.2 cm³/mol. The number of hydrogen-bond donors (Lipinski definition) is 0. The second-order valence-corrected chi connectivity index (χ2v) is 5.52. The normalized spacial score (nSPS) is 24.4. The van der Waals surface area contributed by atoms with E-state index in [1.54, 1.807) is 0 Å². The van der Waals surface area contributed by atoms with Crippen molar-refractivity contribution in [1.82, 2.24) is 4.90 Å². The van der Waals surface area contributed by atoms with Crippen LogP contribution in [0.25, 0.3) is 0 Å². The van der Waals surface area contributed by atoms with Gasteiger partial charge in [-0.3, -0.25) is 0 Å². The molecule has 2 aliphatic rings. The van der Waals surface area contributed by atoms with Crippen LogP contribution in [0.4, 0.5) is 0 Å². The van der Waals surface area contributed by atoms with Gasteiger partial charge in [0.05, 0.1) is 5.54 Å². The van der Waals surface area contributed by atoms with Crippen LogP contribution >= 0.6 is 0 Å². The Morgan fingerprint density at radius 1 is 1.44 bits per heavy atom. The van der Waals surface area contributed by atoms with Gasteiger partial charge in [-0.2, -0.15) is 0 Å². The molecule has 0 N–H and O–H groups in total. The average Bonchev–Trinajstić information content (AvgIpc) is 2.19. The zero-order valence-electron chi connectivity index (χ0n) is 11.1. The molecule has 0 spiro atoms. The molecule has 0 radical (unpaired) electrons. The maximum atomic E-state index is 4.27. The first-order valence-electron chi connectivity index (χ1n) is 6.36. The zero-order valence-corrected chi connectivity index (χ0v) is 11.1. The van der Waals surface area contributed by atoms with Crippen molar-refractivity contribution in [3.8, 4) is 0 Å². The smallest absolute Gasteiger partial charge is 0.0534 e. The summed E-state index contributed by atoms with van der Waals surface area (Å²) in [6.07, 6.45) is 5.94. The van der Waals surface area contributed by atoms with E-state index in [1.807, 2.05) is 0 Å². The van der Waals surface area contributed by atoms with E-state index in [2.05, 4.69) is 45.2 Å². The minimum atomic E-state index is 0.154. The van der Waals surface area contributed by atoms with Crippen LogP contribution in [0, 0.1) is 0 Å². The maximum Gasteiger partial charge on any atom is 0.0534 e. The Balaban J connectivity index is 2.55. The highest BCUT2D eigenvalue weighted by atomic mass is 15.2. The maximum absolute atomic E-state index is 4.27. The van der Waals surface area contributed by atoms with Crippen molar-refractivity contribution in [3.63, 3.8) is 0 Å². The highest BCUT2D eigenvalue weighted by Gasteiger charge is 2.35. The van der Waals surface area contributed by atoms with Crippen molar-refractivity contribution in [2.24, 2.45) is 0 Å². The van der Waals surface area contributed by atoms with Gasteiger partial charge < -0.3 is 4.90 Å². The van der Waals surface area contributed by atoms with Crippen LogP contribution < -0.4 is 0 Å². The average molecular weight is 217 g/mol. The van der Waals surface area contributed by atoms with E-state index < -0.39 is 0 Å². The Morgan fingerprint density at radius 3 is 2.75 bits per heavy atom. The number of piperidine rings is 1. The van der Waals surface area contributed by atoms with E-state index in [9.17, 15) is 0 Å². The van der Waals surface area contributed by atoms with Gasteiger partial charge in [-0.05, 0) is 56.8 Å². The van der Waals surface area contributed by atoms with E-state index in [4.69, 9.17) is 0 Å². The van der Waals surface area contributed by atoms with Crippen molar-refractivity contribution in [2.75, 3.05) is 6.54 Å². The van der Waals surface area contributed by atoms with Gasteiger partial charge in [-0.1, -0.05) is 19.6 Å². The van der Waals surface area contributed by atoms with Gasteiger partial charge in [0.15, 0.2) is 0 Å². The summed E-state index contributed by atoms with van der Waals surface area (Å²) in [5.41, 5.74) is 5.88. The minimum Gasteiger partial charge on any atom is -0.362 e. The molecule has 16 heavy (non-hydrogen) atoms. The van der Waals surface area contributed by atoms with Crippen LogP contribution in [-0.2, 0) is 0 Å². The van der Waals surface area contributed by atoms with Gasteiger partial charge in [0.25, 0.3) is 0 Å².